The molecule has 0 saturated heterocycles. The van der Waals surface area contributed by atoms with E-state index in [0.29, 0.717) is 6.54 Å². The molecule has 1 N–H and O–H groups in total. The fraction of sp³-hybridized carbons (Fsp3) is 0.500. The molecule has 0 saturated carbocycles. The van der Waals surface area contributed by atoms with E-state index in [-0.39, 0.29) is 5.56 Å². The first-order valence-electron chi connectivity index (χ1n) is 6.24. The van der Waals surface area contributed by atoms with Gasteiger partial charge >= 0.3 is 0 Å². The van der Waals surface area contributed by atoms with E-state index in [4.69, 9.17) is 10.00 Å². The normalized spacial score (nSPS) is 10.7. The van der Waals surface area contributed by atoms with E-state index in [1.807, 2.05) is 13.1 Å². The van der Waals surface area contributed by atoms with Crippen molar-refractivity contribution < 1.29 is 9.13 Å². The average Bonchev–Trinajstić information content (AvgIpc) is 2.42. The molecule has 0 amide bonds. The summed E-state index contributed by atoms with van der Waals surface area (Å²) < 4.78 is 18.1. The van der Waals surface area contributed by atoms with Gasteiger partial charge in [-0.15, -0.1) is 0 Å². The van der Waals surface area contributed by atoms with Crippen LogP contribution in [0.3, 0.4) is 0 Å². The summed E-state index contributed by atoms with van der Waals surface area (Å²) in [4.78, 5) is 2.17. The quantitative estimate of drug-likeness (QED) is 0.721. The van der Waals surface area contributed by atoms with Gasteiger partial charge in [-0.3, -0.25) is 0 Å². The second kappa shape index (κ2) is 8.59. The SMILES string of the molecule is COCCN(C)CCNCc1ccc(F)c(C#N)c1. The molecule has 0 unspecified atom stereocenters. The molecule has 0 aliphatic rings. The molecule has 19 heavy (non-hydrogen) atoms. The average molecular weight is 265 g/mol. The third-order valence-electron chi connectivity index (χ3n) is 2.83. The number of nitrogens with one attached hydrogen (secondary N) is 1. The van der Waals surface area contributed by atoms with Gasteiger partial charge in [0, 0.05) is 33.3 Å². The number of methoxy groups -OCH3 is 1. The molecule has 104 valence electrons. The number of halogens is 1. The van der Waals surface area contributed by atoms with Crippen LogP contribution in [0, 0.1) is 17.1 Å². The molecule has 0 bridgehead atoms. The number of hydrogen-bond donors (Lipinski definition) is 1. The number of benzene rings is 1. The van der Waals surface area contributed by atoms with Gasteiger partial charge in [0.2, 0.25) is 0 Å². The van der Waals surface area contributed by atoms with Gasteiger partial charge in [-0.1, -0.05) is 6.07 Å². The van der Waals surface area contributed by atoms with E-state index in [1.165, 1.54) is 6.07 Å². The summed E-state index contributed by atoms with van der Waals surface area (Å²) >= 11 is 0. The van der Waals surface area contributed by atoms with E-state index in [2.05, 4.69) is 10.2 Å². The van der Waals surface area contributed by atoms with Gasteiger partial charge in [-0.25, -0.2) is 4.39 Å². The predicted molar refractivity (Wildman–Crippen MR) is 72.2 cm³/mol. The third-order valence-corrected chi connectivity index (χ3v) is 2.83. The van der Waals surface area contributed by atoms with E-state index in [1.54, 1.807) is 19.2 Å². The minimum absolute atomic E-state index is 0.0940. The molecule has 1 aromatic rings. The number of nitrogens with zero attached hydrogens (tertiary/aromatic N) is 2. The number of ether oxygens (including phenoxy) is 1. The summed E-state index contributed by atoms with van der Waals surface area (Å²) in [5.41, 5.74) is 1.01. The Morgan fingerprint density at radius 3 is 2.89 bits per heavy atom. The molecule has 0 heterocycles. The lowest BCUT2D eigenvalue weighted by atomic mass is 10.1. The maximum Gasteiger partial charge on any atom is 0.140 e. The second-order valence-electron chi connectivity index (χ2n) is 4.40. The minimum atomic E-state index is -0.467. The molecule has 1 rings (SSSR count). The van der Waals surface area contributed by atoms with Crippen LogP contribution in [0.4, 0.5) is 4.39 Å². The van der Waals surface area contributed by atoms with Gasteiger partial charge in [0.05, 0.1) is 12.2 Å². The van der Waals surface area contributed by atoms with Crippen LogP contribution in [0.25, 0.3) is 0 Å². The first-order chi connectivity index (χ1) is 9.17. The number of nitriles is 1. The lowest BCUT2D eigenvalue weighted by Gasteiger charge is -2.16. The summed E-state index contributed by atoms with van der Waals surface area (Å²) in [6.45, 7) is 4.00. The molecule has 0 spiro atoms. The van der Waals surface area contributed by atoms with Gasteiger partial charge in [0.15, 0.2) is 0 Å². The molecule has 0 aliphatic heterocycles. The highest BCUT2D eigenvalue weighted by molar-refractivity contribution is 5.34. The molecule has 4 nitrogen and oxygen atoms in total. The molecule has 0 atom stereocenters. The summed E-state index contributed by atoms with van der Waals surface area (Å²) in [6.07, 6.45) is 0. The maximum absolute atomic E-state index is 13.1. The Hall–Kier alpha value is -1.48. The first kappa shape index (κ1) is 15.6. The summed E-state index contributed by atoms with van der Waals surface area (Å²) in [5, 5.41) is 12.0. The van der Waals surface area contributed by atoms with Crippen LogP contribution in [0.5, 0.6) is 0 Å². The van der Waals surface area contributed by atoms with Crippen LogP contribution in [0.1, 0.15) is 11.1 Å². The minimum Gasteiger partial charge on any atom is -0.383 e. The van der Waals surface area contributed by atoms with Crippen LogP contribution in [-0.4, -0.2) is 45.3 Å². The van der Waals surface area contributed by atoms with Crippen molar-refractivity contribution in [3.05, 3.63) is 35.1 Å². The lowest BCUT2D eigenvalue weighted by Crippen LogP contribution is -2.31. The molecule has 0 fully saturated rings. The zero-order chi connectivity index (χ0) is 14.1. The fourth-order valence-corrected chi connectivity index (χ4v) is 1.63. The molecule has 1 aromatic carbocycles. The predicted octanol–water partition coefficient (Wildman–Crippen LogP) is 1.37. The van der Waals surface area contributed by atoms with Gasteiger partial charge in [-0.05, 0) is 24.7 Å². The van der Waals surface area contributed by atoms with E-state index in [9.17, 15) is 4.39 Å². The molecule has 0 radical (unpaired) electrons. The number of rotatable bonds is 8. The molecular formula is C14H20FN3O. The summed E-state index contributed by atoms with van der Waals surface area (Å²) in [7, 11) is 3.72. The topological polar surface area (TPSA) is 48.3 Å². The molecule has 0 aromatic heterocycles. The highest BCUT2D eigenvalue weighted by Crippen LogP contribution is 2.09. The van der Waals surface area contributed by atoms with Crippen molar-refractivity contribution in [2.24, 2.45) is 0 Å². The van der Waals surface area contributed by atoms with Crippen molar-refractivity contribution in [1.82, 2.24) is 10.2 Å². The van der Waals surface area contributed by atoms with E-state index in [0.717, 1.165) is 31.8 Å². The van der Waals surface area contributed by atoms with Crippen molar-refractivity contribution >= 4 is 0 Å². The van der Waals surface area contributed by atoms with Crippen LogP contribution in [0.2, 0.25) is 0 Å². The Labute approximate surface area is 113 Å². The Bertz CT molecular complexity index is 431. The Kier molecular flexibility index (Phi) is 7.04. The maximum atomic E-state index is 13.1. The molecule has 5 heteroatoms. The smallest absolute Gasteiger partial charge is 0.140 e. The van der Waals surface area contributed by atoms with Crippen molar-refractivity contribution in [2.75, 3.05) is 40.4 Å². The molecular weight excluding hydrogens is 245 g/mol. The van der Waals surface area contributed by atoms with Gasteiger partial charge in [0.1, 0.15) is 11.9 Å². The van der Waals surface area contributed by atoms with E-state index >= 15 is 0 Å². The Morgan fingerprint density at radius 1 is 1.42 bits per heavy atom. The summed E-state index contributed by atoms with van der Waals surface area (Å²) in [5.74, 6) is -0.467. The third kappa shape index (κ3) is 5.79. The fourth-order valence-electron chi connectivity index (χ4n) is 1.63. The lowest BCUT2D eigenvalue weighted by molar-refractivity contribution is 0.161. The van der Waals surface area contributed by atoms with Crippen molar-refractivity contribution in [1.29, 1.82) is 5.26 Å². The number of likely N-dealkylation sites (N-methyl/N-ethyl adjacent to an activating group) is 1. The Morgan fingerprint density at radius 2 is 2.21 bits per heavy atom. The van der Waals surface area contributed by atoms with Gasteiger partial charge in [0.25, 0.3) is 0 Å². The van der Waals surface area contributed by atoms with Gasteiger partial charge in [-0.2, -0.15) is 5.26 Å². The zero-order valence-electron chi connectivity index (χ0n) is 11.4. The van der Waals surface area contributed by atoms with Crippen LogP contribution < -0.4 is 5.32 Å². The standard InChI is InChI=1S/C14H20FN3O/c1-18(7-8-19-2)6-5-17-11-12-3-4-14(15)13(9-12)10-16/h3-4,9,17H,5-8,11H2,1-2H3. The van der Waals surface area contributed by atoms with Gasteiger partial charge < -0.3 is 15.0 Å². The van der Waals surface area contributed by atoms with Crippen LogP contribution >= 0.6 is 0 Å². The van der Waals surface area contributed by atoms with Crippen molar-refractivity contribution in [2.45, 2.75) is 6.54 Å². The number of hydrogen-bond acceptors (Lipinski definition) is 4. The van der Waals surface area contributed by atoms with Crippen molar-refractivity contribution in [3.8, 4) is 6.07 Å². The van der Waals surface area contributed by atoms with Crippen LogP contribution in [0.15, 0.2) is 18.2 Å². The second-order valence-corrected chi connectivity index (χ2v) is 4.40. The molecule has 0 aliphatic carbocycles. The largest absolute Gasteiger partial charge is 0.383 e. The Balaban J connectivity index is 2.28. The monoisotopic (exact) mass is 265 g/mol. The van der Waals surface area contributed by atoms with E-state index < -0.39 is 5.82 Å². The van der Waals surface area contributed by atoms with Crippen molar-refractivity contribution in [3.63, 3.8) is 0 Å². The highest BCUT2D eigenvalue weighted by atomic mass is 19.1. The highest BCUT2D eigenvalue weighted by Gasteiger charge is 2.02. The first-order valence-corrected chi connectivity index (χ1v) is 6.24. The zero-order valence-corrected chi connectivity index (χ0v) is 11.4. The summed E-state index contributed by atoms with van der Waals surface area (Å²) in [6, 6.07) is 6.45. The van der Waals surface area contributed by atoms with Crippen LogP contribution in [-0.2, 0) is 11.3 Å².